The van der Waals surface area contributed by atoms with E-state index in [0.29, 0.717) is 6.61 Å². The summed E-state index contributed by atoms with van der Waals surface area (Å²) < 4.78 is 7.89. The van der Waals surface area contributed by atoms with Gasteiger partial charge in [0.15, 0.2) is 0 Å². The fourth-order valence-electron chi connectivity index (χ4n) is 1.72. The molecule has 1 aromatic carbocycles. The van der Waals surface area contributed by atoms with Crippen molar-refractivity contribution >= 4 is 27.5 Å². The van der Waals surface area contributed by atoms with Crippen LogP contribution in [0.2, 0.25) is 0 Å². The molecule has 0 saturated heterocycles. The molecule has 0 aliphatic carbocycles. The van der Waals surface area contributed by atoms with Crippen molar-refractivity contribution in [1.82, 2.24) is 9.78 Å². The molecule has 5 nitrogen and oxygen atoms in total. The lowest BCUT2D eigenvalue weighted by atomic mass is 10.3. The summed E-state index contributed by atoms with van der Waals surface area (Å²) >= 11 is 3.37. The zero-order valence-electron chi connectivity index (χ0n) is 11.4. The van der Waals surface area contributed by atoms with Crippen molar-refractivity contribution in [3.63, 3.8) is 0 Å². The standard InChI is InChI=1S/C14H16BrN3O2/c1-3-20-12-6-4-11(5-7-12)17-14(19)9-18-10(2)13(15)8-16-18/h4-8H,3,9H2,1-2H3,(H,17,19). The number of amides is 1. The fourth-order valence-corrected chi connectivity index (χ4v) is 2.02. The van der Waals surface area contributed by atoms with Crippen LogP contribution in [-0.2, 0) is 11.3 Å². The maximum Gasteiger partial charge on any atom is 0.246 e. The number of rotatable bonds is 5. The van der Waals surface area contributed by atoms with Crippen molar-refractivity contribution in [3.05, 3.63) is 40.6 Å². The van der Waals surface area contributed by atoms with E-state index >= 15 is 0 Å². The lowest BCUT2D eigenvalue weighted by Gasteiger charge is -2.08. The number of nitrogens with zero attached hydrogens (tertiary/aromatic N) is 2. The number of hydrogen-bond donors (Lipinski definition) is 1. The van der Waals surface area contributed by atoms with Crippen LogP contribution in [0.5, 0.6) is 5.75 Å². The Bertz CT molecular complexity index is 593. The van der Waals surface area contributed by atoms with E-state index in [-0.39, 0.29) is 12.5 Å². The number of hydrogen-bond acceptors (Lipinski definition) is 3. The molecule has 6 heteroatoms. The summed E-state index contributed by atoms with van der Waals surface area (Å²) in [5.41, 5.74) is 1.66. The summed E-state index contributed by atoms with van der Waals surface area (Å²) in [6, 6.07) is 7.28. The lowest BCUT2D eigenvalue weighted by molar-refractivity contribution is -0.116. The lowest BCUT2D eigenvalue weighted by Crippen LogP contribution is -2.20. The molecular weight excluding hydrogens is 322 g/mol. The van der Waals surface area contributed by atoms with E-state index in [2.05, 4.69) is 26.3 Å². The Labute approximate surface area is 126 Å². The van der Waals surface area contributed by atoms with Crippen LogP contribution < -0.4 is 10.1 Å². The van der Waals surface area contributed by atoms with Gasteiger partial charge >= 0.3 is 0 Å². The van der Waals surface area contributed by atoms with Crippen LogP contribution in [0.25, 0.3) is 0 Å². The van der Waals surface area contributed by atoms with Gasteiger partial charge in [0.05, 0.1) is 23.0 Å². The van der Waals surface area contributed by atoms with E-state index < -0.39 is 0 Å². The first-order valence-corrected chi connectivity index (χ1v) is 7.10. The Morgan fingerprint density at radius 3 is 2.65 bits per heavy atom. The van der Waals surface area contributed by atoms with Gasteiger partial charge in [0, 0.05) is 5.69 Å². The topological polar surface area (TPSA) is 56.1 Å². The molecule has 0 fully saturated rings. The third-order valence-corrected chi connectivity index (χ3v) is 3.56. The quantitative estimate of drug-likeness (QED) is 0.912. The molecule has 1 heterocycles. The largest absolute Gasteiger partial charge is 0.494 e. The van der Waals surface area contributed by atoms with Gasteiger partial charge in [0.1, 0.15) is 12.3 Å². The number of halogens is 1. The highest BCUT2D eigenvalue weighted by atomic mass is 79.9. The molecule has 0 radical (unpaired) electrons. The van der Waals surface area contributed by atoms with Crippen LogP contribution in [0.3, 0.4) is 0 Å². The minimum absolute atomic E-state index is 0.118. The van der Waals surface area contributed by atoms with Crippen LogP contribution in [0.1, 0.15) is 12.6 Å². The molecule has 1 aromatic heterocycles. The zero-order chi connectivity index (χ0) is 14.5. The highest BCUT2D eigenvalue weighted by Gasteiger charge is 2.08. The number of carbonyl (C=O) groups is 1. The highest BCUT2D eigenvalue weighted by Crippen LogP contribution is 2.16. The Morgan fingerprint density at radius 1 is 1.40 bits per heavy atom. The molecule has 0 aliphatic heterocycles. The SMILES string of the molecule is CCOc1ccc(NC(=O)Cn2ncc(Br)c2C)cc1. The third kappa shape index (κ3) is 3.60. The van der Waals surface area contributed by atoms with Crippen molar-refractivity contribution in [2.45, 2.75) is 20.4 Å². The summed E-state index contributed by atoms with van der Waals surface area (Å²) in [5, 5.41) is 6.95. The molecule has 1 amide bonds. The number of carbonyl (C=O) groups excluding carboxylic acids is 1. The van der Waals surface area contributed by atoms with Crippen LogP contribution in [-0.4, -0.2) is 22.3 Å². The van der Waals surface area contributed by atoms with Crippen LogP contribution >= 0.6 is 15.9 Å². The normalized spacial score (nSPS) is 10.3. The van der Waals surface area contributed by atoms with Crippen molar-refractivity contribution in [2.75, 3.05) is 11.9 Å². The molecule has 2 aromatic rings. The highest BCUT2D eigenvalue weighted by molar-refractivity contribution is 9.10. The summed E-state index contributed by atoms with van der Waals surface area (Å²) in [5.74, 6) is 0.671. The molecule has 0 atom stereocenters. The predicted molar refractivity (Wildman–Crippen MR) is 80.9 cm³/mol. The summed E-state index contributed by atoms with van der Waals surface area (Å²) in [7, 11) is 0. The monoisotopic (exact) mass is 337 g/mol. The van der Waals surface area contributed by atoms with Crippen molar-refractivity contribution in [3.8, 4) is 5.75 Å². The van der Waals surface area contributed by atoms with Gasteiger partial charge in [-0.25, -0.2) is 0 Å². The molecule has 0 aliphatic rings. The summed E-state index contributed by atoms with van der Waals surface area (Å²) in [4.78, 5) is 11.9. The first-order valence-electron chi connectivity index (χ1n) is 6.30. The van der Waals surface area contributed by atoms with Gasteiger partial charge in [0.25, 0.3) is 0 Å². The predicted octanol–water partition coefficient (Wildman–Crippen LogP) is 2.99. The van der Waals surface area contributed by atoms with Crippen LogP contribution in [0, 0.1) is 6.92 Å². The second kappa shape index (κ2) is 6.56. The van der Waals surface area contributed by atoms with E-state index in [1.807, 2.05) is 38.1 Å². The Morgan fingerprint density at radius 2 is 2.10 bits per heavy atom. The molecule has 2 rings (SSSR count). The second-order valence-corrected chi connectivity index (χ2v) is 5.10. The van der Waals surface area contributed by atoms with E-state index in [1.165, 1.54) is 0 Å². The Kier molecular flexibility index (Phi) is 4.79. The summed E-state index contributed by atoms with van der Waals surface area (Å²) in [6.07, 6.45) is 1.68. The van der Waals surface area contributed by atoms with Gasteiger partial charge in [0.2, 0.25) is 5.91 Å². The average molecular weight is 338 g/mol. The minimum Gasteiger partial charge on any atom is -0.494 e. The van der Waals surface area contributed by atoms with Gasteiger partial charge in [-0.3, -0.25) is 9.48 Å². The molecule has 0 spiro atoms. The maximum absolute atomic E-state index is 11.9. The van der Waals surface area contributed by atoms with Crippen molar-refractivity contribution < 1.29 is 9.53 Å². The van der Waals surface area contributed by atoms with Gasteiger partial charge in [-0.1, -0.05) is 0 Å². The zero-order valence-corrected chi connectivity index (χ0v) is 13.0. The Balaban J connectivity index is 1.96. The molecule has 20 heavy (non-hydrogen) atoms. The van der Waals surface area contributed by atoms with Crippen LogP contribution in [0.15, 0.2) is 34.9 Å². The minimum atomic E-state index is -0.118. The smallest absolute Gasteiger partial charge is 0.246 e. The molecule has 1 N–H and O–H groups in total. The molecule has 0 unspecified atom stereocenters. The number of ether oxygens (including phenoxy) is 1. The van der Waals surface area contributed by atoms with Gasteiger partial charge in [-0.15, -0.1) is 0 Å². The third-order valence-electron chi connectivity index (χ3n) is 2.79. The van der Waals surface area contributed by atoms with Gasteiger partial charge in [-0.05, 0) is 54.0 Å². The van der Waals surface area contributed by atoms with Crippen molar-refractivity contribution in [1.29, 1.82) is 0 Å². The number of nitrogens with one attached hydrogen (secondary N) is 1. The van der Waals surface area contributed by atoms with Gasteiger partial charge in [-0.2, -0.15) is 5.10 Å². The van der Waals surface area contributed by atoms with Crippen molar-refractivity contribution in [2.24, 2.45) is 0 Å². The average Bonchev–Trinajstić information content (AvgIpc) is 2.73. The second-order valence-electron chi connectivity index (χ2n) is 4.24. The molecule has 0 bridgehead atoms. The van der Waals surface area contributed by atoms with E-state index in [9.17, 15) is 4.79 Å². The fraction of sp³-hybridized carbons (Fsp3) is 0.286. The van der Waals surface area contributed by atoms with E-state index in [0.717, 1.165) is 21.6 Å². The van der Waals surface area contributed by atoms with E-state index in [1.54, 1.807) is 10.9 Å². The van der Waals surface area contributed by atoms with Gasteiger partial charge < -0.3 is 10.1 Å². The number of aromatic nitrogens is 2. The maximum atomic E-state index is 11.9. The Hall–Kier alpha value is -1.82. The first-order chi connectivity index (χ1) is 9.60. The number of benzene rings is 1. The molecule has 106 valence electrons. The number of anilines is 1. The summed E-state index contributed by atoms with van der Waals surface area (Å²) in [6.45, 7) is 4.64. The van der Waals surface area contributed by atoms with E-state index in [4.69, 9.17) is 4.74 Å². The molecule has 0 saturated carbocycles. The first kappa shape index (κ1) is 14.6. The molecular formula is C14H16BrN3O2. The van der Waals surface area contributed by atoms with Crippen LogP contribution in [0.4, 0.5) is 5.69 Å².